The van der Waals surface area contributed by atoms with Crippen LogP contribution in [0.25, 0.3) is 11.1 Å². The van der Waals surface area contributed by atoms with E-state index in [0.29, 0.717) is 17.7 Å². The van der Waals surface area contributed by atoms with Crippen LogP contribution < -0.4 is 5.73 Å². The van der Waals surface area contributed by atoms with Crippen LogP contribution in [0.1, 0.15) is 47.6 Å². The van der Waals surface area contributed by atoms with Gasteiger partial charge in [0.15, 0.2) is 0 Å². The van der Waals surface area contributed by atoms with Crippen molar-refractivity contribution < 1.29 is 18.7 Å². The van der Waals surface area contributed by atoms with Crippen molar-refractivity contribution in [2.45, 2.75) is 32.2 Å². The highest BCUT2D eigenvalue weighted by Gasteiger charge is 2.29. The fourth-order valence-electron chi connectivity index (χ4n) is 3.63. The Morgan fingerprint density at radius 3 is 2.74 bits per heavy atom. The Morgan fingerprint density at radius 1 is 1.30 bits per heavy atom. The molecule has 0 saturated heterocycles. The van der Waals surface area contributed by atoms with E-state index in [-0.39, 0.29) is 23.9 Å². The molecule has 3 rings (SSSR count). The van der Waals surface area contributed by atoms with Crippen molar-refractivity contribution in [3.05, 3.63) is 52.9 Å². The molecule has 2 aromatic rings. The van der Waals surface area contributed by atoms with Crippen molar-refractivity contribution in [3.63, 3.8) is 0 Å². The maximum absolute atomic E-state index is 14.4. The number of aliphatic hydroxyl groups is 1. The third kappa shape index (κ3) is 3.99. The van der Waals surface area contributed by atoms with Crippen molar-refractivity contribution in [3.8, 4) is 11.1 Å². The van der Waals surface area contributed by atoms with Gasteiger partial charge in [-0.25, -0.2) is 13.8 Å². The molecule has 0 saturated carbocycles. The van der Waals surface area contributed by atoms with Crippen molar-refractivity contribution >= 4 is 5.91 Å². The van der Waals surface area contributed by atoms with E-state index in [4.69, 9.17) is 10.8 Å². The Bertz CT molecular complexity index is 857. The number of unbranched alkanes of at least 4 members (excludes halogenated alkanes) is 1. The fourth-order valence-corrected chi connectivity index (χ4v) is 3.63. The van der Waals surface area contributed by atoms with Crippen molar-refractivity contribution in [2.75, 3.05) is 19.7 Å². The molecule has 1 amide bonds. The third-order valence-corrected chi connectivity index (χ3v) is 5.08. The number of hydrogen-bond donors (Lipinski definition) is 2. The zero-order valence-corrected chi connectivity index (χ0v) is 15.2. The summed E-state index contributed by atoms with van der Waals surface area (Å²) in [5, 5.41) is 8.98. The van der Waals surface area contributed by atoms with Crippen LogP contribution >= 0.6 is 0 Å². The lowest BCUT2D eigenvalue weighted by Gasteiger charge is -2.35. The molecule has 1 aliphatic rings. The standard InChI is InChI=1S/C20H23F2N3O2/c1-12-19-15(6-8-25(12)7-2-3-9-26)16(11-18(24-19)20(23)27)14-5-4-13(21)10-17(14)22/h4-5,10-12,26H,2-3,6-9H2,1H3,(H2,23,27). The molecule has 144 valence electrons. The molecule has 1 unspecified atom stereocenters. The number of rotatable bonds is 6. The number of carbonyl (C=O) groups is 1. The lowest BCUT2D eigenvalue weighted by molar-refractivity contribution is 0.0994. The van der Waals surface area contributed by atoms with Gasteiger partial charge in [-0.3, -0.25) is 9.69 Å². The monoisotopic (exact) mass is 375 g/mol. The minimum Gasteiger partial charge on any atom is -0.396 e. The maximum Gasteiger partial charge on any atom is 0.267 e. The van der Waals surface area contributed by atoms with E-state index >= 15 is 0 Å². The summed E-state index contributed by atoms with van der Waals surface area (Å²) in [5.41, 5.74) is 7.83. The van der Waals surface area contributed by atoms with Crippen LogP contribution in [0.2, 0.25) is 0 Å². The summed E-state index contributed by atoms with van der Waals surface area (Å²) < 4.78 is 27.7. The summed E-state index contributed by atoms with van der Waals surface area (Å²) in [6, 6.07) is 4.82. The predicted molar refractivity (Wildman–Crippen MR) is 98.1 cm³/mol. The summed E-state index contributed by atoms with van der Waals surface area (Å²) in [6.45, 7) is 3.69. The molecule has 0 spiro atoms. The summed E-state index contributed by atoms with van der Waals surface area (Å²) in [6.07, 6.45) is 2.21. The highest BCUT2D eigenvalue weighted by molar-refractivity contribution is 5.92. The molecule has 1 aromatic carbocycles. The molecule has 0 aliphatic carbocycles. The van der Waals surface area contributed by atoms with Crippen LogP contribution in [-0.4, -0.2) is 40.6 Å². The smallest absolute Gasteiger partial charge is 0.267 e. The first kappa shape index (κ1) is 19.4. The van der Waals surface area contributed by atoms with Crippen LogP contribution in [0.15, 0.2) is 24.3 Å². The molecule has 1 atom stereocenters. The number of nitrogens with zero attached hydrogens (tertiary/aromatic N) is 2. The summed E-state index contributed by atoms with van der Waals surface area (Å²) in [4.78, 5) is 18.4. The van der Waals surface area contributed by atoms with Gasteiger partial charge in [0, 0.05) is 30.8 Å². The van der Waals surface area contributed by atoms with Gasteiger partial charge in [-0.05, 0) is 62.1 Å². The fraction of sp³-hybridized carbons (Fsp3) is 0.400. The van der Waals surface area contributed by atoms with Gasteiger partial charge in [0.05, 0.1) is 5.69 Å². The SMILES string of the molecule is CC1c2nc(C(N)=O)cc(-c3ccc(F)cc3F)c2CCN1CCCCO. The van der Waals surface area contributed by atoms with Crippen LogP contribution in [0.3, 0.4) is 0 Å². The Hall–Kier alpha value is -2.38. The number of aliphatic hydroxyl groups excluding tert-OH is 1. The Balaban J connectivity index is 2.06. The van der Waals surface area contributed by atoms with Gasteiger partial charge in [-0.1, -0.05) is 0 Å². The quantitative estimate of drug-likeness (QED) is 0.761. The van der Waals surface area contributed by atoms with Gasteiger partial charge in [-0.15, -0.1) is 0 Å². The van der Waals surface area contributed by atoms with E-state index in [0.717, 1.165) is 37.6 Å². The van der Waals surface area contributed by atoms with E-state index in [1.54, 1.807) is 0 Å². The number of nitrogens with two attached hydrogens (primary N) is 1. The van der Waals surface area contributed by atoms with Crippen LogP contribution in [0, 0.1) is 11.6 Å². The molecule has 7 heteroatoms. The Morgan fingerprint density at radius 2 is 2.07 bits per heavy atom. The van der Waals surface area contributed by atoms with E-state index in [9.17, 15) is 13.6 Å². The third-order valence-electron chi connectivity index (χ3n) is 5.08. The molecule has 0 bridgehead atoms. The zero-order valence-electron chi connectivity index (χ0n) is 15.2. The minimum atomic E-state index is -0.689. The Kier molecular flexibility index (Phi) is 5.82. The van der Waals surface area contributed by atoms with Crippen molar-refractivity contribution in [1.82, 2.24) is 9.88 Å². The molecule has 0 radical (unpaired) electrons. The highest BCUT2D eigenvalue weighted by atomic mass is 19.1. The molecule has 27 heavy (non-hydrogen) atoms. The van der Waals surface area contributed by atoms with E-state index in [1.165, 1.54) is 18.2 Å². The maximum atomic E-state index is 14.4. The number of benzene rings is 1. The normalized spacial score (nSPS) is 17.0. The highest BCUT2D eigenvalue weighted by Crippen LogP contribution is 2.36. The second-order valence-corrected chi connectivity index (χ2v) is 6.80. The lowest BCUT2D eigenvalue weighted by atomic mass is 9.89. The largest absolute Gasteiger partial charge is 0.396 e. The number of pyridine rings is 1. The van der Waals surface area contributed by atoms with Gasteiger partial charge in [0.1, 0.15) is 17.3 Å². The molecule has 2 heterocycles. The first-order valence-electron chi connectivity index (χ1n) is 9.06. The number of hydrogen-bond acceptors (Lipinski definition) is 4. The molecular weight excluding hydrogens is 352 g/mol. The first-order chi connectivity index (χ1) is 12.9. The van der Waals surface area contributed by atoms with E-state index < -0.39 is 17.5 Å². The van der Waals surface area contributed by atoms with Gasteiger partial charge in [0.2, 0.25) is 0 Å². The number of halogens is 2. The lowest BCUT2D eigenvalue weighted by Crippen LogP contribution is -2.36. The average Bonchev–Trinajstić information content (AvgIpc) is 2.63. The molecule has 1 aliphatic heterocycles. The van der Waals surface area contributed by atoms with Crippen LogP contribution in [0.4, 0.5) is 8.78 Å². The second-order valence-electron chi connectivity index (χ2n) is 6.80. The molecule has 5 nitrogen and oxygen atoms in total. The van der Waals surface area contributed by atoms with Gasteiger partial charge >= 0.3 is 0 Å². The molecular formula is C20H23F2N3O2. The van der Waals surface area contributed by atoms with Crippen LogP contribution in [-0.2, 0) is 6.42 Å². The van der Waals surface area contributed by atoms with E-state index in [1.807, 2.05) is 6.92 Å². The molecule has 1 aromatic heterocycles. The average molecular weight is 375 g/mol. The predicted octanol–water partition coefficient (Wildman–Crippen LogP) is 2.82. The van der Waals surface area contributed by atoms with Gasteiger partial charge in [0.25, 0.3) is 5.91 Å². The Labute approximate surface area is 156 Å². The number of aromatic nitrogens is 1. The van der Waals surface area contributed by atoms with Crippen LogP contribution in [0.5, 0.6) is 0 Å². The number of carbonyl (C=O) groups excluding carboxylic acids is 1. The molecule has 3 N–H and O–H groups in total. The first-order valence-corrected chi connectivity index (χ1v) is 9.06. The van der Waals surface area contributed by atoms with Gasteiger partial charge in [-0.2, -0.15) is 0 Å². The number of amides is 1. The van der Waals surface area contributed by atoms with Crippen molar-refractivity contribution in [1.29, 1.82) is 0 Å². The van der Waals surface area contributed by atoms with Gasteiger partial charge < -0.3 is 10.8 Å². The summed E-state index contributed by atoms with van der Waals surface area (Å²) >= 11 is 0. The van der Waals surface area contributed by atoms with Crippen molar-refractivity contribution in [2.24, 2.45) is 5.73 Å². The zero-order chi connectivity index (χ0) is 19.6. The van der Waals surface area contributed by atoms with E-state index in [2.05, 4.69) is 9.88 Å². The topological polar surface area (TPSA) is 79.5 Å². The summed E-state index contributed by atoms with van der Waals surface area (Å²) in [5.74, 6) is -2.03. The number of primary amides is 1. The summed E-state index contributed by atoms with van der Waals surface area (Å²) in [7, 11) is 0. The minimum absolute atomic E-state index is 0.0662. The molecule has 0 fully saturated rings. The number of fused-ring (bicyclic) bond motifs is 1. The second kappa shape index (κ2) is 8.10.